The number of halogens is 4. The molecule has 0 unspecified atom stereocenters. The van der Waals surface area contributed by atoms with Crippen LogP contribution in [0.1, 0.15) is 11.3 Å². The lowest BCUT2D eigenvalue weighted by Crippen LogP contribution is -2.23. The van der Waals surface area contributed by atoms with Crippen molar-refractivity contribution in [2.45, 2.75) is 20.0 Å². The van der Waals surface area contributed by atoms with Crippen molar-refractivity contribution in [3.63, 3.8) is 0 Å². The van der Waals surface area contributed by atoms with Gasteiger partial charge in [0.25, 0.3) is 5.56 Å². The van der Waals surface area contributed by atoms with Crippen molar-refractivity contribution < 1.29 is 27.5 Å². The normalized spacial score (nSPS) is 11.3. The van der Waals surface area contributed by atoms with Gasteiger partial charge >= 0.3 is 5.97 Å². The number of hydrogen-bond donors (Lipinski definition) is 1. The molecule has 0 aliphatic heterocycles. The number of aliphatic carboxylic acids is 1. The van der Waals surface area contributed by atoms with Gasteiger partial charge in [0.05, 0.1) is 12.2 Å². The van der Waals surface area contributed by atoms with E-state index in [1.54, 1.807) is 6.92 Å². The summed E-state index contributed by atoms with van der Waals surface area (Å²) in [5.41, 5.74) is 0.588. The zero-order valence-corrected chi connectivity index (χ0v) is 16.6. The summed E-state index contributed by atoms with van der Waals surface area (Å²) in [5.74, 6) is -5.33. The first-order valence-electron chi connectivity index (χ1n) is 9.38. The molecule has 4 aromatic rings. The Kier molecular flexibility index (Phi) is 5.29. The maximum atomic E-state index is 14.1. The third kappa shape index (κ3) is 3.75. The number of fused-ring (bicyclic) bond motifs is 1. The maximum absolute atomic E-state index is 14.1. The van der Waals surface area contributed by atoms with E-state index in [-0.39, 0.29) is 17.8 Å². The van der Waals surface area contributed by atoms with Crippen LogP contribution in [-0.4, -0.2) is 25.4 Å². The maximum Gasteiger partial charge on any atom is 0.323 e. The molecule has 0 spiro atoms. The van der Waals surface area contributed by atoms with E-state index in [0.29, 0.717) is 34.3 Å². The number of carbonyl (C=O) groups is 1. The second kappa shape index (κ2) is 7.95. The van der Waals surface area contributed by atoms with Crippen LogP contribution in [0.4, 0.5) is 17.6 Å². The van der Waals surface area contributed by atoms with Crippen LogP contribution in [0.2, 0.25) is 0 Å². The molecule has 0 saturated heterocycles. The van der Waals surface area contributed by atoms with E-state index in [9.17, 15) is 32.3 Å². The van der Waals surface area contributed by atoms with Gasteiger partial charge in [0.15, 0.2) is 11.6 Å². The highest BCUT2D eigenvalue weighted by molar-refractivity contribution is 5.97. The van der Waals surface area contributed by atoms with E-state index in [4.69, 9.17) is 0 Å². The minimum atomic E-state index is -1.36. The van der Waals surface area contributed by atoms with Gasteiger partial charge < -0.3 is 9.67 Å². The molecule has 0 bridgehead atoms. The molecule has 2 aromatic carbocycles. The standard InChI is InChI=1S/C22H15F4N3O3/c1-11-22(14-7-13(23)2-4-19(14)28(11)10-21(31)32)18-3-5-20(30)29(27-18)9-12-6-16(25)17(26)8-15(12)24/h2-8H,9-10H2,1H3,(H,31,32). The number of nitrogens with zero attached hydrogens (tertiary/aromatic N) is 3. The fourth-order valence-electron chi connectivity index (χ4n) is 3.66. The van der Waals surface area contributed by atoms with Crippen LogP contribution in [0.3, 0.4) is 0 Å². The number of aromatic nitrogens is 3. The third-order valence-electron chi connectivity index (χ3n) is 5.11. The molecule has 0 aliphatic rings. The van der Waals surface area contributed by atoms with Crippen molar-refractivity contribution >= 4 is 16.9 Å². The predicted molar refractivity (Wildman–Crippen MR) is 107 cm³/mol. The lowest BCUT2D eigenvalue weighted by atomic mass is 10.1. The molecule has 4 rings (SSSR count). The second-order valence-corrected chi connectivity index (χ2v) is 7.17. The quantitative estimate of drug-likeness (QED) is 0.374. The molecule has 0 atom stereocenters. The van der Waals surface area contributed by atoms with Gasteiger partial charge in [0, 0.05) is 39.9 Å². The molecule has 0 radical (unpaired) electrons. The molecule has 164 valence electrons. The molecular weight excluding hydrogens is 430 g/mol. The Bertz CT molecular complexity index is 1440. The SMILES string of the molecule is Cc1c(-c2ccc(=O)n(Cc3cc(F)c(F)cc3F)n2)c2cc(F)ccc2n1CC(=O)O. The van der Waals surface area contributed by atoms with Gasteiger partial charge in [-0.1, -0.05) is 0 Å². The molecule has 32 heavy (non-hydrogen) atoms. The Morgan fingerprint density at radius 2 is 1.72 bits per heavy atom. The van der Waals surface area contributed by atoms with Crippen molar-refractivity contribution in [1.82, 2.24) is 14.3 Å². The number of rotatable bonds is 5. The molecule has 6 nitrogen and oxygen atoms in total. The number of carboxylic acid groups (broad SMARTS) is 1. The van der Waals surface area contributed by atoms with Crippen LogP contribution in [-0.2, 0) is 17.9 Å². The summed E-state index contributed by atoms with van der Waals surface area (Å²) in [7, 11) is 0. The minimum absolute atomic E-state index is 0.199. The molecule has 0 aliphatic carbocycles. The third-order valence-corrected chi connectivity index (χ3v) is 5.11. The highest BCUT2D eigenvalue weighted by Gasteiger charge is 2.20. The summed E-state index contributed by atoms with van der Waals surface area (Å²) in [6.07, 6.45) is 0. The zero-order chi connectivity index (χ0) is 23.2. The predicted octanol–water partition coefficient (Wildman–Crippen LogP) is 3.86. The van der Waals surface area contributed by atoms with Crippen LogP contribution < -0.4 is 5.56 Å². The summed E-state index contributed by atoms with van der Waals surface area (Å²) >= 11 is 0. The fourth-order valence-corrected chi connectivity index (χ4v) is 3.66. The van der Waals surface area contributed by atoms with Crippen LogP contribution in [0, 0.1) is 30.2 Å². The van der Waals surface area contributed by atoms with Gasteiger partial charge in [-0.2, -0.15) is 5.10 Å². The molecular formula is C22H15F4N3O3. The first-order chi connectivity index (χ1) is 15.2. The lowest BCUT2D eigenvalue weighted by Gasteiger charge is -2.09. The van der Waals surface area contributed by atoms with Crippen molar-refractivity contribution in [2.24, 2.45) is 0 Å². The fraction of sp³-hybridized carbons (Fsp3) is 0.136. The van der Waals surface area contributed by atoms with Crippen LogP contribution in [0.25, 0.3) is 22.2 Å². The van der Waals surface area contributed by atoms with E-state index in [0.717, 1.165) is 10.7 Å². The lowest BCUT2D eigenvalue weighted by molar-refractivity contribution is -0.137. The first kappa shape index (κ1) is 21.3. The molecule has 2 aromatic heterocycles. The summed E-state index contributed by atoms with van der Waals surface area (Å²) in [5, 5.41) is 13.8. The highest BCUT2D eigenvalue weighted by atomic mass is 19.2. The first-order valence-corrected chi connectivity index (χ1v) is 9.38. The van der Waals surface area contributed by atoms with Crippen molar-refractivity contribution in [2.75, 3.05) is 0 Å². The van der Waals surface area contributed by atoms with E-state index in [2.05, 4.69) is 5.10 Å². The van der Waals surface area contributed by atoms with E-state index < -0.39 is 41.3 Å². The zero-order valence-electron chi connectivity index (χ0n) is 16.6. The van der Waals surface area contributed by atoms with Crippen LogP contribution in [0.5, 0.6) is 0 Å². The van der Waals surface area contributed by atoms with Crippen LogP contribution >= 0.6 is 0 Å². The highest BCUT2D eigenvalue weighted by Crippen LogP contribution is 2.34. The Hall–Kier alpha value is -3.95. The number of benzene rings is 2. The molecule has 2 heterocycles. The van der Waals surface area contributed by atoms with Gasteiger partial charge in [-0.15, -0.1) is 0 Å². The van der Waals surface area contributed by atoms with Crippen molar-refractivity contribution in [3.8, 4) is 11.3 Å². The summed E-state index contributed by atoms with van der Waals surface area (Å²) < 4.78 is 57.1. The number of carboxylic acids is 1. The minimum Gasteiger partial charge on any atom is -0.480 e. The molecule has 1 N–H and O–H groups in total. The Labute approximate surface area is 178 Å². The monoisotopic (exact) mass is 445 g/mol. The topological polar surface area (TPSA) is 77.1 Å². The van der Waals surface area contributed by atoms with Gasteiger partial charge in [-0.25, -0.2) is 22.2 Å². The summed E-state index contributed by atoms with van der Waals surface area (Å²) in [6.45, 7) is 0.771. The van der Waals surface area contributed by atoms with Crippen LogP contribution in [0.15, 0.2) is 47.3 Å². The van der Waals surface area contributed by atoms with E-state index in [1.807, 2.05) is 0 Å². The van der Waals surface area contributed by atoms with Gasteiger partial charge in [-0.05, 0) is 37.3 Å². The molecule has 0 saturated carbocycles. The Morgan fingerprint density at radius 1 is 1.00 bits per heavy atom. The summed E-state index contributed by atoms with van der Waals surface area (Å²) in [4.78, 5) is 23.6. The van der Waals surface area contributed by atoms with E-state index >= 15 is 0 Å². The Balaban J connectivity index is 1.88. The average molecular weight is 445 g/mol. The molecule has 0 amide bonds. The molecule has 10 heteroatoms. The van der Waals surface area contributed by atoms with Gasteiger partial charge in [-0.3, -0.25) is 9.59 Å². The smallest absolute Gasteiger partial charge is 0.323 e. The largest absolute Gasteiger partial charge is 0.480 e. The molecule has 0 fully saturated rings. The van der Waals surface area contributed by atoms with Gasteiger partial charge in [0.2, 0.25) is 0 Å². The van der Waals surface area contributed by atoms with Crippen molar-refractivity contribution in [3.05, 3.63) is 87.3 Å². The van der Waals surface area contributed by atoms with Crippen molar-refractivity contribution in [1.29, 1.82) is 0 Å². The average Bonchev–Trinajstić information content (AvgIpc) is 2.98. The van der Waals surface area contributed by atoms with Gasteiger partial charge in [0.1, 0.15) is 18.2 Å². The summed E-state index contributed by atoms with van der Waals surface area (Å²) in [6, 6.07) is 7.41. The Morgan fingerprint density at radius 3 is 2.44 bits per heavy atom. The number of hydrogen-bond acceptors (Lipinski definition) is 3. The van der Waals surface area contributed by atoms with E-state index in [1.165, 1.54) is 28.8 Å². The second-order valence-electron chi connectivity index (χ2n) is 7.17.